The summed E-state index contributed by atoms with van der Waals surface area (Å²) in [4.78, 5) is 18.4. The van der Waals surface area contributed by atoms with Gasteiger partial charge in [-0.2, -0.15) is 0 Å². The molecule has 13 heavy (non-hydrogen) atoms. The lowest BCUT2D eigenvalue weighted by Gasteiger charge is -2.04. The zero-order valence-electron chi connectivity index (χ0n) is 6.79. The van der Waals surface area contributed by atoms with Crippen LogP contribution in [-0.4, -0.2) is 20.7 Å². The number of halogens is 2. The van der Waals surface area contributed by atoms with Crippen molar-refractivity contribution in [3.05, 3.63) is 17.5 Å². The minimum atomic E-state index is -0.263. The second-order valence-corrected chi connectivity index (χ2v) is 4.09. The van der Waals surface area contributed by atoms with E-state index in [2.05, 4.69) is 31.2 Å². The number of amides is 1. The van der Waals surface area contributed by atoms with E-state index in [0.29, 0.717) is 11.0 Å². The number of rotatable bonds is 2. The summed E-state index contributed by atoms with van der Waals surface area (Å²) in [7, 11) is 0. The van der Waals surface area contributed by atoms with Gasteiger partial charge in [0.05, 0.1) is 4.83 Å². The van der Waals surface area contributed by atoms with Crippen LogP contribution in [0.1, 0.15) is 6.92 Å². The molecular formula is C7H7BrClN3O. The van der Waals surface area contributed by atoms with E-state index in [1.807, 2.05) is 0 Å². The molecule has 0 aromatic carbocycles. The topological polar surface area (TPSA) is 54.9 Å². The summed E-state index contributed by atoms with van der Waals surface area (Å²) in [5.41, 5.74) is 0. The largest absolute Gasteiger partial charge is 0.310 e. The normalized spacial score (nSPS) is 12.2. The number of hydrogen-bond acceptors (Lipinski definition) is 3. The molecule has 1 unspecified atom stereocenters. The monoisotopic (exact) mass is 263 g/mol. The maximum atomic E-state index is 11.2. The minimum absolute atomic E-state index is 0.172. The molecule has 0 fully saturated rings. The Kier molecular flexibility index (Phi) is 3.62. The number of anilines is 1. The highest BCUT2D eigenvalue weighted by Gasteiger charge is 2.09. The van der Waals surface area contributed by atoms with Crippen LogP contribution in [0.15, 0.2) is 12.4 Å². The fourth-order valence-electron chi connectivity index (χ4n) is 0.628. The lowest BCUT2D eigenvalue weighted by Crippen LogP contribution is -2.20. The number of alkyl halides is 1. The van der Waals surface area contributed by atoms with Crippen LogP contribution in [0.5, 0.6) is 0 Å². The maximum Gasteiger partial charge on any atom is 0.239 e. The Morgan fingerprint density at radius 3 is 2.92 bits per heavy atom. The Morgan fingerprint density at radius 1 is 1.69 bits per heavy atom. The van der Waals surface area contributed by atoms with Crippen molar-refractivity contribution in [1.82, 2.24) is 9.97 Å². The number of hydrogen-bond donors (Lipinski definition) is 1. The van der Waals surface area contributed by atoms with Gasteiger partial charge >= 0.3 is 0 Å². The van der Waals surface area contributed by atoms with Crippen LogP contribution < -0.4 is 5.32 Å². The van der Waals surface area contributed by atoms with E-state index >= 15 is 0 Å². The molecule has 70 valence electrons. The minimum Gasteiger partial charge on any atom is -0.310 e. The zero-order valence-corrected chi connectivity index (χ0v) is 9.13. The molecule has 1 heterocycles. The second-order valence-electron chi connectivity index (χ2n) is 2.33. The van der Waals surface area contributed by atoms with Gasteiger partial charge in [0, 0.05) is 6.07 Å². The lowest BCUT2D eigenvalue weighted by atomic mass is 10.4. The van der Waals surface area contributed by atoms with Gasteiger partial charge in [-0.1, -0.05) is 27.5 Å². The van der Waals surface area contributed by atoms with E-state index in [1.165, 1.54) is 12.4 Å². The molecule has 1 N–H and O–H groups in total. The molecule has 1 atom stereocenters. The summed E-state index contributed by atoms with van der Waals surface area (Å²) in [6, 6.07) is 1.48. The number of carbonyl (C=O) groups excluding carboxylic acids is 1. The lowest BCUT2D eigenvalue weighted by molar-refractivity contribution is -0.115. The predicted octanol–water partition coefficient (Wildman–Crippen LogP) is 1.85. The van der Waals surface area contributed by atoms with Crippen LogP contribution in [0.25, 0.3) is 0 Å². The van der Waals surface area contributed by atoms with Gasteiger partial charge in [0.25, 0.3) is 0 Å². The highest BCUT2D eigenvalue weighted by molar-refractivity contribution is 9.10. The Morgan fingerprint density at radius 2 is 2.38 bits per heavy atom. The fourth-order valence-corrected chi connectivity index (χ4v) is 0.889. The van der Waals surface area contributed by atoms with Crippen LogP contribution in [0.4, 0.5) is 5.82 Å². The zero-order chi connectivity index (χ0) is 9.84. The average Bonchev–Trinajstić information content (AvgIpc) is 2.04. The molecule has 1 aromatic heterocycles. The maximum absolute atomic E-state index is 11.2. The molecule has 0 bridgehead atoms. The van der Waals surface area contributed by atoms with Crippen molar-refractivity contribution in [2.24, 2.45) is 0 Å². The van der Waals surface area contributed by atoms with Crippen molar-refractivity contribution in [2.75, 3.05) is 5.32 Å². The molecule has 0 saturated carbocycles. The van der Waals surface area contributed by atoms with Gasteiger partial charge in [-0.15, -0.1) is 0 Å². The number of carbonyl (C=O) groups is 1. The number of nitrogens with zero attached hydrogens (tertiary/aromatic N) is 2. The van der Waals surface area contributed by atoms with Gasteiger partial charge in [-0.25, -0.2) is 9.97 Å². The summed E-state index contributed by atoms with van der Waals surface area (Å²) >= 11 is 8.72. The predicted molar refractivity (Wildman–Crippen MR) is 54.1 cm³/mol. The van der Waals surface area contributed by atoms with Crippen LogP contribution in [-0.2, 0) is 4.79 Å². The molecule has 1 rings (SSSR count). The average molecular weight is 265 g/mol. The first kappa shape index (κ1) is 10.4. The molecule has 0 radical (unpaired) electrons. The Hall–Kier alpha value is -0.680. The summed E-state index contributed by atoms with van der Waals surface area (Å²) < 4.78 is 0. The smallest absolute Gasteiger partial charge is 0.239 e. The summed E-state index contributed by atoms with van der Waals surface area (Å²) in [6.07, 6.45) is 1.29. The number of nitrogens with one attached hydrogen (secondary N) is 1. The highest BCUT2D eigenvalue weighted by atomic mass is 79.9. The molecule has 4 nitrogen and oxygen atoms in total. The summed E-state index contributed by atoms with van der Waals surface area (Å²) in [5, 5.41) is 2.86. The van der Waals surface area contributed by atoms with E-state index < -0.39 is 0 Å². The standard InChI is InChI=1S/C7H7BrClN3O/c1-4(8)7(13)12-6-2-5(9)10-3-11-6/h2-4H,1H3,(H,10,11,12,13). The SMILES string of the molecule is CC(Br)C(=O)Nc1cc(Cl)ncn1. The first-order chi connectivity index (χ1) is 6.09. The Labute approximate surface area is 88.8 Å². The van der Waals surface area contributed by atoms with Crippen LogP contribution in [0.3, 0.4) is 0 Å². The third-order valence-electron chi connectivity index (χ3n) is 1.25. The van der Waals surface area contributed by atoms with Crippen molar-refractivity contribution >= 4 is 39.3 Å². The quantitative estimate of drug-likeness (QED) is 0.655. The molecule has 1 aromatic rings. The summed E-state index contributed by atoms with van der Waals surface area (Å²) in [6.45, 7) is 1.72. The first-order valence-corrected chi connectivity index (χ1v) is 4.81. The van der Waals surface area contributed by atoms with Crippen LogP contribution in [0, 0.1) is 0 Å². The van der Waals surface area contributed by atoms with Crippen molar-refractivity contribution in [2.45, 2.75) is 11.8 Å². The molecule has 0 aliphatic carbocycles. The van der Waals surface area contributed by atoms with Gasteiger partial charge in [0.1, 0.15) is 17.3 Å². The third kappa shape index (κ3) is 3.28. The van der Waals surface area contributed by atoms with Gasteiger partial charge in [0.15, 0.2) is 0 Å². The van der Waals surface area contributed by atoms with E-state index in [0.717, 1.165) is 0 Å². The molecule has 0 aliphatic heterocycles. The second kappa shape index (κ2) is 4.53. The van der Waals surface area contributed by atoms with E-state index in [-0.39, 0.29) is 10.7 Å². The van der Waals surface area contributed by atoms with E-state index in [4.69, 9.17) is 11.6 Å². The van der Waals surface area contributed by atoms with Gasteiger partial charge < -0.3 is 5.32 Å². The third-order valence-corrected chi connectivity index (χ3v) is 1.87. The van der Waals surface area contributed by atoms with Gasteiger partial charge in [0.2, 0.25) is 5.91 Å². The number of aromatic nitrogens is 2. The Bertz CT molecular complexity index is 318. The van der Waals surface area contributed by atoms with Gasteiger partial charge in [-0.05, 0) is 6.92 Å². The Balaban J connectivity index is 2.69. The molecule has 0 saturated heterocycles. The van der Waals surface area contributed by atoms with E-state index in [9.17, 15) is 4.79 Å². The van der Waals surface area contributed by atoms with Crippen molar-refractivity contribution in [3.63, 3.8) is 0 Å². The van der Waals surface area contributed by atoms with Crippen molar-refractivity contribution in [3.8, 4) is 0 Å². The van der Waals surface area contributed by atoms with Crippen molar-refractivity contribution in [1.29, 1.82) is 0 Å². The highest BCUT2D eigenvalue weighted by Crippen LogP contribution is 2.09. The first-order valence-electron chi connectivity index (χ1n) is 3.52. The molecular weight excluding hydrogens is 257 g/mol. The van der Waals surface area contributed by atoms with E-state index in [1.54, 1.807) is 6.92 Å². The molecule has 0 aliphatic rings. The van der Waals surface area contributed by atoms with Gasteiger partial charge in [-0.3, -0.25) is 4.79 Å². The van der Waals surface area contributed by atoms with Crippen LogP contribution >= 0.6 is 27.5 Å². The molecule has 1 amide bonds. The summed E-state index contributed by atoms with van der Waals surface area (Å²) in [5.74, 6) is 0.228. The van der Waals surface area contributed by atoms with Crippen LogP contribution in [0.2, 0.25) is 5.15 Å². The molecule has 0 spiro atoms. The van der Waals surface area contributed by atoms with Crippen molar-refractivity contribution < 1.29 is 4.79 Å². The fraction of sp³-hybridized carbons (Fsp3) is 0.286. The molecule has 6 heteroatoms.